The number of anilines is 1. The molecule has 0 aromatic heterocycles. The number of halogens is 2. The fourth-order valence-electron chi connectivity index (χ4n) is 4.31. The van der Waals surface area contributed by atoms with Gasteiger partial charge in [0.1, 0.15) is 0 Å². The van der Waals surface area contributed by atoms with Crippen molar-refractivity contribution in [3.05, 3.63) is 63.0 Å². The van der Waals surface area contributed by atoms with Gasteiger partial charge in [-0.15, -0.1) is 0 Å². The summed E-state index contributed by atoms with van der Waals surface area (Å²) in [6, 6.07) is 16.7. The predicted molar refractivity (Wildman–Crippen MR) is 104 cm³/mol. The average Bonchev–Trinajstić information content (AvgIpc) is 2.62. The highest BCUT2D eigenvalue weighted by atomic mass is 79.9. The molecule has 1 amide bonds. The summed E-state index contributed by atoms with van der Waals surface area (Å²) in [5.41, 5.74) is 2.04. The molecule has 1 spiro atoms. The molecule has 2 aromatic carbocycles. The largest absolute Gasteiger partial charge is 0.303 e. The van der Waals surface area contributed by atoms with Crippen LogP contribution < -0.4 is 4.90 Å². The van der Waals surface area contributed by atoms with Gasteiger partial charge in [-0.3, -0.25) is 4.79 Å². The molecule has 1 heterocycles. The van der Waals surface area contributed by atoms with Crippen molar-refractivity contribution >= 4 is 43.5 Å². The fraction of sp³-hybridized carbons (Fsp3) is 0.350. The van der Waals surface area contributed by atoms with Gasteiger partial charge in [-0.05, 0) is 54.8 Å². The lowest BCUT2D eigenvalue weighted by molar-refractivity contribution is -0.143. The molecule has 1 saturated carbocycles. The SMILES string of the molecule is O=C1N(c2ccc(Br)cc2)[C@H](c2ccc(Br)cc2)C12CCCCC2. The van der Waals surface area contributed by atoms with E-state index in [9.17, 15) is 4.79 Å². The van der Waals surface area contributed by atoms with Crippen molar-refractivity contribution in [2.24, 2.45) is 5.41 Å². The number of carbonyl (C=O) groups is 1. The van der Waals surface area contributed by atoms with Gasteiger partial charge in [-0.25, -0.2) is 0 Å². The van der Waals surface area contributed by atoms with Crippen molar-refractivity contribution in [1.82, 2.24) is 0 Å². The van der Waals surface area contributed by atoms with E-state index in [4.69, 9.17) is 0 Å². The van der Waals surface area contributed by atoms with E-state index < -0.39 is 0 Å². The van der Waals surface area contributed by atoms with Gasteiger partial charge in [0.25, 0.3) is 0 Å². The molecule has 2 aliphatic rings. The molecule has 4 rings (SSSR count). The lowest BCUT2D eigenvalue weighted by Crippen LogP contribution is -2.64. The summed E-state index contributed by atoms with van der Waals surface area (Å²) < 4.78 is 2.11. The molecule has 1 atom stereocenters. The minimum absolute atomic E-state index is 0.152. The summed E-state index contributed by atoms with van der Waals surface area (Å²) in [7, 11) is 0. The number of benzene rings is 2. The van der Waals surface area contributed by atoms with Crippen molar-refractivity contribution in [3.63, 3.8) is 0 Å². The van der Waals surface area contributed by atoms with Crippen LogP contribution in [-0.4, -0.2) is 5.91 Å². The van der Waals surface area contributed by atoms with Gasteiger partial charge in [0.05, 0.1) is 11.5 Å². The Kier molecular flexibility index (Phi) is 4.29. The third-order valence-corrected chi connectivity index (χ3v) is 6.52. The summed E-state index contributed by atoms with van der Waals surface area (Å²) in [6.07, 6.45) is 5.60. The molecule has 0 unspecified atom stereocenters. The molecule has 0 N–H and O–H groups in total. The molecular formula is C20H19Br2NO. The maximum Gasteiger partial charge on any atom is 0.236 e. The third-order valence-electron chi connectivity index (χ3n) is 5.46. The maximum atomic E-state index is 13.2. The molecule has 0 bridgehead atoms. The first-order valence-corrected chi connectivity index (χ1v) is 10.1. The maximum absolute atomic E-state index is 13.2. The van der Waals surface area contributed by atoms with Crippen LogP contribution >= 0.6 is 31.9 Å². The fourth-order valence-corrected chi connectivity index (χ4v) is 4.83. The monoisotopic (exact) mass is 447 g/mol. The molecule has 1 saturated heterocycles. The van der Waals surface area contributed by atoms with E-state index in [-0.39, 0.29) is 11.5 Å². The van der Waals surface area contributed by atoms with Crippen molar-refractivity contribution in [3.8, 4) is 0 Å². The van der Waals surface area contributed by atoms with Gasteiger partial charge in [-0.1, -0.05) is 63.3 Å². The summed E-state index contributed by atoms with van der Waals surface area (Å²) in [6.45, 7) is 0. The molecule has 24 heavy (non-hydrogen) atoms. The van der Waals surface area contributed by atoms with Crippen LogP contribution in [0.2, 0.25) is 0 Å². The number of nitrogens with zero attached hydrogens (tertiary/aromatic N) is 1. The zero-order chi connectivity index (χ0) is 16.7. The Morgan fingerprint density at radius 3 is 1.96 bits per heavy atom. The van der Waals surface area contributed by atoms with Gasteiger partial charge in [0.15, 0.2) is 0 Å². The second-order valence-corrected chi connectivity index (χ2v) is 8.65. The lowest BCUT2D eigenvalue weighted by atomic mass is 9.60. The van der Waals surface area contributed by atoms with Crippen LogP contribution in [0.3, 0.4) is 0 Å². The van der Waals surface area contributed by atoms with Gasteiger partial charge in [-0.2, -0.15) is 0 Å². The smallest absolute Gasteiger partial charge is 0.236 e. The molecule has 2 aromatic rings. The van der Waals surface area contributed by atoms with Crippen LogP contribution in [0, 0.1) is 5.41 Å². The van der Waals surface area contributed by atoms with E-state index in [1.54, 1.807) is 0 Å². The summed E-state index contributed by atoms with van der Waals surface area (Å²) in [5.74, 6) is 0.303. The van der Waals surface area contributed by atoms with Crippen molar-refractivity contribution in [1.29, 1.82) is 0 Å². The molecule has 124 valence electrons. The number of amides is 1. The van der Waals surface area contributed by atoms with Crippen molar-refractivity contribution < 1.29 is 4.79 Å². The number of carbonyl (C=O) groups excluding carboxylic acids is 1. The van der Waals surface area contributed by atoms with Gasteiger partial charge in [0.2, 0.25) is 5.91 Å². The van der Waals surface area contributed by atoms with E-state index in [1.165, 1.54) is 12.0 Å². The van der Waals surface area contributed by atoms with E-state index in [1.807, 2.05) is 29.2 Å². The number of rotatable bonds is 2. The Balaban J connectivity index is 1.76. The molecule has 0 radical (unpaired) electrons. The average molecular weight is 449 g/mol. The highest BCUT2D eigenvalue weighted by Crippen LogP contribution is 2.59. The van der Waals surface area contributed by atoms with Gasteiger partial charge < -0.3 is 4.90 Å². The molecule has 2 fully saturated rings. The number of β-lactam (4-membered cyclic amide) rings is 1. The molecule has 4 heteroatoms. The highest BCUT2D eigenvalue weighted by Gasteiger charge is 2.61. The second kappa shape index (κ2) is 6.30. The minimum atomic E-state index is -0.195. The first-order valence-electron chi connectivity index (χ1n) is 8.46. The minimum Gasteiger partial charge on any atom is -0.303 e. The molecular weight excluding hydrogens is 430 g/mol. The standard InChI is InChI=1S/C20H19Br2NO/c21-15-6-4-14(5-7-15)18-20(12-2-1-3-13-20)19(24)23(18)17-10-8-16(22)9-11-17/h4-11,18H,1-3,12-13H2/t18-/m1/s1. The Morgan fingerprint density at radius 2 is 1.38 bits per heavy atom. The van der Waals surface area contributed by atoms with Crippen LogP contribution in [0.5, 0.6) is 0 Å². The molecule has 1 aliphatic heterocycles. The highest BCUT2D eigenvalue weighted by molar-refractivity contribution is 9.10. The van der Waals surface area contributed by atoms with E-state index in [0.717, 1.165) is 40.3 Å². The third kappa shape index (κ3) is 2.55. The topological polar surface area (TPSA) is 20.3 Å². The predicted octanol–water partition coefficient (Wildman–Crippen LogP) is 6.25. The molecule has 1 aliphatic carbocycles. The van der Waals surface area contributed by atoms with E-state index in [0.29, 0.717) is 5.91 Å². The van der Waals surface area contributed by atoms with E-state index in [2.05, 4.69) is 56.1 Å². The zero-order valence-electron chi connectivity index (χ0n) is 13.3. The summed E-state index contributed by atoms with van der Waals surface area (Å²) >= 11 is 7.00. The first kappa shape index (κ1) is 16.3. The quantitative estimate of drug-likeness (QED) is 0.497. The Hall–Kier alpha value is -1.13. The summed E-state index contributed by atoms with van der Waals surface area (Å²) in [5, 5.41) is 0. The Labute approximate surface area is 159 Å². The van der Waals surface area contributed by atoms with E-state index >= 15 is 0 Å². The number of hydrogen-bond acceptors (Lipinski definition) is 1. The first-order chi connectivity index (χ1) is 11.6. The zero-order valence-corrected chi connectivity index (χ0v) is 16.5. The lowest BCUT2D eigenvalue weighted by Gasteiger charge is -2.58. The second-order valence-electron chi connectivity index (χ2n) is 6.82. The Bertz CT molecular complexity index is 748. The van der Waals surface area contributed by atoms with Gasteiger partial charge in [0, 0.05) is 14.6 Å². The van der Waals surface area contributed by atoms with Crippen LogP contribution in [-0.2, 0) is 4.79 Å². The Morgan fingerprint density at radius 1 is 0.833 bits per heavy atom. The normalized spacial score (nSPS) is 22.5. The van der Waals surface area contributed by atoms with Crippen LogP contribution in [0.15, 0.2) is 57.5 Å². The summed E-state index contributed by atoms with van der Waals surface area (Å²) in [4.78, 5) is 15.2. The van der Waals surface area contributed by atoms with Crippen LogP contribution in [0.25, 0.3) is 0 Å². The van der Waals surface area contributed by atoms with Crippen LogP contribution in [0.1, 0.15) is 43.7 Å². The molecule has 2 nitrogen and oxygen atoms in total. The number of hydrogen-bond donors (Lipinski definition) is 0. The van der Waals surface area contributed by atoms with Crippen molar-refractivity contribution in [2.75, 3.05) is 4.90 Å². The van der Waals surface area contributed by atoms with Gasteiger partial charge >= 0.3 is 0 Å². The van der Waals surface area contributed by atoms with Crippen molar-refractivity contribution in [2.45, 2.75) is 38.1 Å². The van der Waals surface area contributed by atoms with Crippen LogP contribution in [0.4, 0.5) is 5.69 Å².